The van der Waals surface area contributed by atoms with Crippen molar-refractivity contribution in [3.8, 4) is 0 Å². The Bertz CT molecular complexity index is 286. The summed E-state index contributed by atoms with van der Waals surface area (Å²) in [4.78, 5) is 0. The van der Waals surface area contributed by atoms with E-state index in [0.29, 0.717) is 0 Å². The molecule has 0 aliphatic heterocycles. The Labute approximate surface area is 137 Å². The van der Waals surface area contributed by atoms with Crippen molar-refractivity contribution >= 4 is 11.4 Å². The maximum absolute atomic E-state index is 4.71. The lowest BCUT2D eigenvalue weighted by atomic mass is 9.99. The van der Waals surface area contributed by atoms with Crippen molar-refractivity contribution in [1.82, 2.24) is 0 Å². The standard InChI is InChI=1S/C20H36N2/c1-3-7-11-15-19(16-12-8-4-1)21-22-20-17-13-9-5-2-6-10-14-18-20/h1-18H2. The van der Waals surface area contributed by atoms with Crippen LogP contribution in [0.5, 0.6) is 0 Å². The average molecular weight is 305 g/mol. The molecule has 126 valence electrons. The quantitative estimate of drug-likeness (QED) is 0.474. The fourth-order valence-electron chi connectivity index (χ4n) is 3.68. The molecule has 2 nitrogen and oxygen atoms in total. The molecule has 0 unspecified atom stereocenters. The third-order valence-electron chi connectivity index (χ3n) is 5.19. The van der Waals surface area contributed by atoms with Gasteiger partial charge in [-0.05, 0) is 51.4 Å². The SMILES string of the molecule is C1CCCCC(=NN=C2CCCCCCCCC2)CCCC1. The van der Waals surface area contributed by atoms with Crippen molar-refractivity contribution in [2.75, 3.05) is 0 Å². The molecule has 2 saturated carbocycles. The van der Waals surface area contributed by atoms with Crippen molar-refractivity contribution in [1.29, 1.82) is 0 Å². The predicted octanol–water partition coefficient (Wildman–Crippen LogP) is 6.83. The molecule has 0 spiro atoms. The summed E-state index contributed by atoms with van der Waals surface area (Å²) in [5.41, 5.74) is 2.76. The summed E-state index contributed by atoms with van der Waals surface area (Å²) < 4.78 is 0. The van der Waals surface area contributed by atoms with E-state index in [4.69, 9.17) is 10.2 Å². The van der Waals surface area contributed by atoms with E-state index in [1.54, 1.807) is 0 Å². The van der Waals surface area contributed by atoms with Gasteiger partial charge in [0.1, 0.15) is 0 Å². The van der Waals surface area contributed by atoms with Crippen LogP contribution in [0, 0.1) is 0 Å². The van der Waals surface area contributed by atoms with E-state index in [1.165, 1.54) is 127 Å². The zero-order valence-corrected chi connectivity index (χ0v) is 14.6. The van der Waals surface area contributed by atoms with Crippen molar-refractivity contribution < 1.29 is 0 Å². The van der Waals surface area contributed by atoms with Gasteiger partial charge in [0.25, 0.3) is 0 Å². The van der Waals surface area contributed by atoms with Gasteiger partial charge in [0, 0.05) is 11.4 Å². The van der Waals surface area contributed by atoms with Crippen molar-refractivity contribution in [3.05, 3.63) is 0 Å². The Hall–Kier alpha value is -0.660. The molecule has 2 fully saturated rings. The van der Waals surface area contributed by atoms with Gasteiger partial charge >= 0.3 is 0 Å². The summed E-state index contributed by atoms with van der Waals surface area (Å²) in [5.74, 6) is 0. The fraction of sp³-hybridized carbons (Fsp3) is 0.900. The van der Waals surface area contributed by atoms with Gasteiger partial charge in [-0.15, -0.1) is 0 Å². The van der Waals surface area contributed by atoms with Crippen LogP contribution in [0.15, 0.2) is 10.2 Å². The van der Waals surface area contributed by atoms with E-state index >= 15 is 0 Å². The Morgan fingerprint density at radius 3 is 0.818 bits per heavy atom. The van der Waals surface area contributed by atoms with Crippen molar-refractivity contribution in [3.63, 3.8) is 0 Å². The predicted molar refractivity (Wildman–Crippen MR) is 98.0 cm³/mol. The van der Waals surface area contributed by atoms with Crippen LogP contribution in [-0.4, -0.2) is 11.4 Å². The molecule has 0 bridgehead atoms. The molecule has 0 aromatic rings. The van der Waals surface area contributed by atoms with Gasteiger partial charge in [0.2, 0.25) is 0 Å². The summed E-state index contributed by atoms with van der Waals surface area (Å²) in [5, 5.41) is 9.42. The highest BCUT2D eigenvalue weighted by molar-refractivity contribution is 5.88. The smallest absolute Gasteiger partial charge is 0.0405 e. The first-order valence-electron chi connectivity index (χ1n) is 10.1. The highest BCUT2D eigenvalue weighted by Gasteiger charge is 2.06. The van der Waals surface area contributed by atoms with E-state index in [1.807, 2.05) is 0 Å². The Balaban J connectivity index is 1.87. The molecule has 0 aromatic carbocycles. The van der Waals surface area contributed by atoms with Gasteiger partial charge in [-0.2, -0.15) is 10.2 Å². The van der Waals surface area contributed by atoms with Gasteiger partial charge in [-0.1, -0.05) is 64.2 Å². The van der Waals surface area contributed by atoms with Crippen molar-refractivity contribution in [2.24, 2.45) is 10.2 Å². The molecule has 0 N–H and O–H groups in total. The molecule has 2 aliphatic carbocycles. The van der Waals surface area contributed by atoms with Gasteiger partial charge in [0.15, 0.2) is 0 Å². The normalized spacial score (nSPS) is 23.6. The lowest BCUT2D eigenvalue weighted by Gasteiger charge is -2.10. The lowest BCUT2D eigenvalue weighted by Crippen LogP contribution is -2.03. The molecule has 0 radical (unpaired) electrons. The molecule has 0 amide bonds. The maximum Gasteiger partial charge on any atom is 0.0405 e. The molecular formula is C20H36N2. The first-order chi connectivity index (χ1) is 10.9. The monoisotopic (exact) mass is 304 g/mol. The molecule has 0 heterocycles. The first kappa shape index (κ1) is 17.7. The maximum atomic E-state index is 4.71. The lowest BCUT2D eigenvalue weighted by molar-refractivity contribution is 0.572. The zero-order chi connectivity index (χ0) is 15.3. The molecule has 2 heteroatoms. The molecule has 2 rings (SSSR count). The highest BCUT2D eigenvalue weighted by Crippen LogP contribution is 2.17. The summed E-state index contributed by atoms with van der Waals surface area (Å²) >= 11 is 0. The third kappa shape index (κ3) is 8.10. The van der Waals surface area contributed by atoms with Gasteiger partial charge < -0.3 is 0 Å². The Morgan fingerprint density at radius 1 is 0.318 bits per heavy atom. The largest absolute Gasteiger partial charge is 0.160 e. The molecule has 2 aliphatic rings. The molecule has 22 heavy (non-hydrogen) atoms. The fourth-order valence-corrected chi connectivity index (χ4v) is 3.68. The number of rotatable bonds is 1. The minimum atomic E-state index is 1.19. The summed E-state index contributed by atoms with van der Waals surface area (Å²) in [6.07, 6.45) is 24.1. The van der Waals surface area contributed by atoms with Gasteiger partial charge in [-0.25, -0.2) is 0 Å². The Morgan fingerprint density at radius 2 is 0.545 bits per heavy atom. The van der Waals surface area contributed by atoms with E-state index in [0.717, 1.165) is 0 Å². The molecule has 0 aromatic heterocycles. The molecule has 0 atom stereocenters. The summed E-state index contributed by atoms with van der Waals surface area (Å²) in [6, 6.07) is 0. The summed E-state index contributed by atoms with van der Waals surface area (Å²) in [6.45, 7) is 0. The zero-order valence-electron chi connectivity index (χ0n) is 14.6. The second kappa shape index (κ2) is 11.8. The van der Waals surface area contributed by atoms with Gasteiger partial charge in [-0.3, -0.25) is 0 Å². The van der Waals surface area contributed by atoms with Crippen LogP contribution in [0.2, 0.25) is 0 Å². The van der Waals surface area contributed by atoms with Crippen LogP contribution >= 0.6 is 0 Å². The number of nitrogens with zero attached hydrogens (tertiary/aromatic N) is 2. The number of hydrogen-bond donors (Lipinski definition) is 0. The Kier molecular flexibility index (Phi) is 9.53. The van der Waals surface area contributed by atoms with Crippen LogP contribution < -0.4 is 0 Å². The topological polar surface area (TPSA) is 24.7 Å². The van der Waals surface area contributed by atoms with E-state index in [2.05, 4.69) is 0 Å². The number of hydrogen-bond acceptors (Lipinski definition) is 2. The average Bonchev–Trinajstić information content (AvgIpc) is 2.56. The van der Waals surface area contributed by atoms with Crippen LogP contribution in [0.1, 0.15) is 116 Å². The molecule has 0 saturated heterocycles. The minimum Gasteiger partial charge on any atom is -0.160 e. The highest BCUT2D eigenvalue weighted by atomic mass is 15.2. The minimum absolute atomic E-state index is 1.19. The van der Waals surface area contributed by atoms with Gasteiger partial charge in [0.05, 0.1) is 0 Å². The van der Waals surface area contributed by atoms with E-state index in [-0.39, 0.29) is 0 Å². The van der Waals surface area contributed by atoms with Crippen LogP contribution in [0.4, 0.5) is 0 Å². The molecular weight excluding hydrogens is 268 g/mol. The van der Waals surface area contributed by atoms with Crippen molar-refractivity contribution in [2.45, 2.75) is 116 Å². The van der Waals surface area contributed by atoms with Crippen LogP contribution in [0.3, 0.4) is 0 Å². The second-order valence-corrected chi connectivity index (χ2v) is 7.28. The van der Waals surface area contributed by atoms with E-state index < -0.39 is 0 Å². The second-order valence-electron chi connectivity index (χ2n) is 7.28. The van der Waals surface area contributed by atoms with Crippen LogP contribution in [0.25, 0.3) is 0 Å². The van der Waals surface area contributed by atoms with Crippen LogP contribution in [-0.2, 0) is 0 Å². The first-order valence-corrected chi connectivity index (χ1v) is 10.1. The summed E-state index contributed by atoms with van der Waals surface area (Å²) in [7, 11) is 0. The van der Waals surface area contributed by atoms with E-state index in [9.17, 15) is 0 Å². The third-order valence-corrected chi connectivity index (χ3v) is 5.19.